The zero-order valence-corrected chi connectivity index (χ0v) is 22.8. The second kappa shape index (κ2) is 10.7. The summed E-state index contributed by atoms with van der Waals surface area (Å²) in [6, 6.07) is -0.455. The number of halogens is 2. The number of carbonyl (C=O) groups excluding carboxylic acids is 3. The number of phenols is 1. The summed E-state index contributed by atoms with van der Waals surface area (Å²) in [6.07, 6.45) is -1.41. The first-order chi connectivity index (χ1) is 18.7. The van der Waals surface area contributed by atoms with Crippen molar-refractivity contribution in [1.82, 2.24) is 10.2 Å². The number of carbonyl (C=O) groups is 3. The number of hydrogen-bond acceptors (Lipinski definition) is 10. The number of phenolic OH excluding ortho intramolecular Hbond substituents is 1. The normalized spacial score (nSPS) is 29.9. The largest absolute Gasteiger partial charge is 0.508 e. The molecule has 1 saturated carbocycles. The first kappa shape index (κ1) is 29.8. The van der Waals surface area contributed by atoms with Crippen molar-refractivity contribution in [3.63, 3.8) is 0 Å². The molecule has 11 nitrogen and oxygen atoms in total. The summed E-state index contributed by atoms with van der Waals surface area (Å²) >= 11 is 0. The van der Waals surface area contributed by atoms with Crippen LogP contribution in [-0.4, -0.2) is 108 Å². The molecular weight excluding hydrogens is 530 g/mol. The first-order valence-electron chi connectivity index (χ1n) is 13.0. The molecule has 0 heterocycles. The number of Topliss-reactive ketones (excluding diaryl/α,β-unsaturated/α-hetero) is 2. The number of likely N-dealkylation sites (N-methyl/N-ethyl adjacent to an activating group) is 1. The van der Waals surface area contributed by atoms with Crippen LogP contribution in [0.3, 0.4) is 0 Å². The number of fused-ring (bicyclic) bond motifs is 3. The second-order valence-electron chi connectivity index (χ2n) is 11.3. The highest BCUT2D eigenvalue weighted by Gasteiger charge is 2.66. The Morgan fingerprint density at radius 3 is 2.35 bits per heavy atom. The Bertz CT molecular complexity index is 1270. The number of nitrogens with zero attached hydrogens (tertiary/aromatic N) is 2. The van der Waals surface area contributed by atoms with Gasteiger partial charge in [0.2, 0.25) is 5.91 Å². The van der Waals surface area contributed by atoms with E-state index in [1.165, 1.54) is 4.90 Å². The Morgan fingerprint density at radius 2 is 1.82 bits per heavy atom. The van der Waals surface area contributed by atoms with Crippen molar-refractivity contribution in [3.8, 4) is 5.75 Å². The minimum Gasteiger partial charge on any atom is -0.508 e. The fourth-order valence-electron chi connectivity index (χ4n) is 6.65. The molecular formula is C27H36F2N4O7. The Morgan fingerprint density at radius 1 is 1.20 bits per heavy atom. The molecule has 0 bridgehead atoms. The van der Waals surface area contributed by atoms with Gasteiger partial charge in [0, 0.05) is 49.4 Å². The molecule has 1 amide bonds. The molecule has 1 aromatic rings. The molecule has 40 heavy (non-hydrogen) atoms. The number of primary amides is 1. The molecule has 3 aliphatic carbocycles. The van der Waals surface area contributed by atoms with E-state index >= 15 is 0 Å². The summed E-state index contributed by atoms with van der Waals surface area (Å²) in [5, 5.41) is 48.0. The molecule has 13 heteroatoms. The van der Waals surface area contributed by atoms with Gasteiger partial charge in [-0.15, -0.1) is 0 Å². The molecule has 3 aliphatic rings. The predicted octanol–water partition coefficient (Wildman–Crippen LogP) is -0.251. The van der Waals surface area contributed by atoms with E-state index in [1.54, 1.807) is 39.2 Å². The number of aliphatic hydroxyl groups is 3. The standard InChI is InChI=1S/C27H36F2N4O7/c1-32(2)16-7-12(10-31-13(8-28)9-29)21(34)18-14(16)5-11-6-15-20(33(3)4)23(36)19(26(30)39)25(38)27(15,40)24(37)17(11)22(18)35/h7,11,13,15,19-20,23,31,34,36-37,40H,5-6,8-10H2,1-4H3,(H2,30,39)/t11-,15-,19?,20-,23?,27-/m0/s1. The number of alkyl halides is 2. The Balaban J connectivity index is 1.89. The van der Waals surface area contributed by atoms with Gasteiger partial charge in [-0.25, -0.2) is 8.78 Å². The van der Waals surface area contributed by atoms with Crippen LogP contribution in [0.1, 0.15) is 27.9 Å². The van der Waals surface area contributed by atoms with Crippen LogP contribution in [0.25, 0.3) is 0 Å². The lowest BCUT2D eigenvalue weighted by Gasteiger charge is -2.53. The maximum absolute atomic E-state index is 14.0. The van der Waals surface area contributed by atoms with Gasteiger partial charge in [0.05, 0.1) is 17.7 Å². The Labute approximate surface area is 230 Å². The molecule has 7 N–H and O–H groups in total. The maximum atomic E-state index is 14.0. The van der Waals surface area contributed by atoms with Gasteiger partial charge in [-0.05, 0) is 44.5 Å². The third kappa shape index (κ3) is 4.35. The average molecular weight is 567 g/mol. The lowest BCUT2D eigenvalue weighted by Crippen LogP contribution is -2.71. The third-order valence-electron chi connectivity index (χ3n) is 8.58. The van der Waals surface area contributed by atoms with Crippen molar-refractivity contribution in [2.45, 2.75) is 43.2 Å². The maximum Gasteiger partial charge on any atom is 0.230 e. The van der Waals surface area contributed by atoms with Gasteiger partial charge in [-0.3, -0.25) is 14.4 Å². The van der Waals surface area contributed by atoms with Crippen molar-refractivity contribution in [1.29, 1.82) is 0 Å². The van der Waals surface area contributed by atoms with Crippen LogP contribution in [0, 0.1) is 17.8 Å². The van der Waals surface area contributed by atoms with E-state index < -0.39 is 83.9 Å². The van der Waals surface area contributed by atoms with Crippen LogP contribution in [-0.2, 0) is 22.6 Å². The number of ketones is 2. The second-order valence-corrected chi connectivity index (χ2v) is 11.3. The topological polar surface area (TPSA) is 177 Å². The van der Waals surface area contributed by atoms with Gasteiger partial charge in [0.1, 0.15) is 30.8 Å². The molecule has 4 rings (SSSR count). The summed E-state index contributed by atoms with van der Waals surface area (Å²) in [4.78, 5) is 42.8. The van der Waals surface area contributed by atoms with Crippen molar-refractivity contribution < 1.29 is 43.6 Å². The number of benzene rings is 1. The summed E-state index contributed by atoms with van der Waals surface area (Å²) in [5.74, 6) is -8.17. The van der Waals surface area contributed by atoms with Gasteiger partial charge in [0.15, 0.2) is 17.2 Å². The predicted molar refractivity (Wildman–Crippen MR) is 140 cm³/mol. The van der Waals surface area contributed by atoms with E-state index in [0.717, 1.165) is 0 Å². The quantitative estimate of drug-likeness (QED) is 0.230. The van der Waals surface area contributed by atoms with Crippen LogP contribution >= 0.6 is 0 Å². The van der Waals surface area contributed by atoms with Crippen molar-refractivity contribution in [2.75, 3.05) is 46.4 Å². The summed E-state index contributed by atoms with van der Waals surface area (Å²) < 4.78 is 26.1. The smallest absolute Gasteiger partial charge is 0.230 e. The van der Waals surface area contributed by atoms with Gasteiger partial charge >= 0.3 is 0 Å². The number of aliphatic hydroxyl groups excluding tert-OH is 2. The summed E-state index contributed by atoms with van der Waals surface area (Å²) in [6.45, 7) is -2.12. The third-order valence-corrected chi connectivity index (χ3v) is 8.58. The SMILES string of the molecule is CN(C)c1cc(CNC(CF)CF)c(O)c2c1C[C@H]1C[C@H]3[C@H](N(C)C)C(O)C(C(N)=O)C(=O)[C@@]3(O)C(O)=C1C2=O. The molecule has 0 saturated heterocycles. The van der Waals surface area contributed by atoms with Gasteiger partial charge in [0.25, 0.3) is 0 Å². The van der Waals surface area contributed by atoms with Crippen molar-refractivity contribution in [3.05, 3.63) is 34.1 Å². The Hall–Kier alpha value is -3.13. The number of allylic oxidation sites excluding steroid dienone is 1. The van der Waals surface area contributed by atoms with E-state index in [4.69, 9.17) is 5.73 Å². The van der Waals surface area contributed by atoms with Crippen LogP contribution < -0.4 is 16.0 Å². The summed E-state index contributed by atoms with van der Waals surface area (Å²) in [7, 11) is 6.64. The molecule has 2 unspecified atom stereocenters. The first-order valence-corrected chi connectivity index (χ1v) is 13.0. The number of nitrogens with one attached hydrogen (secondary N) is 1. The lowest BCUT2D eigenvalue weighted by molar-refractivity contribution is -0.178. The van der Waals surface area contributed by atoms with E-state index in [9.17, 15) is 43.6 Å². The summed E-state index contributed by atoms with van der Waals surface area (Å²) in [5.41, 5.74) is 3.52. The Kier molecular flexibility index (Phi) is 7.98. The zero-order valence-electron chi connectivity index (χ0n) is 22.8. The number of rotatable bonds is 8. The van der Waals surface area contributed by atoms with Crippen LogP contribution in [0.15, 0.2) is 17.4 Å². The number of aromatic hydroxyl groups is 1. The fraction of sp³-hybridized carbons (Fsp3) is 0.593. The van der Waals surface area contributed by atoms with Crippen molar-refractivity contribution in [2.24, 2.45) is 23.5 Å². The van der Waals surface area contributed by atoms with E-state index in [-0.39, 0.29) is 36.1 Å². The van der Waals surface area contributed by atoms with Gasteiger partial charge < -0.3 is 41.3 Å². The molecule has 0 radical (unpaired) electrons. The molecule has 1 fully saturated rings. The molecule has 0 aliphatic heterocycles. The van der Waals surface area contributed by atoms with Gasteiger partial charge in [-0.1, -0.05) is 0 Å². The minimum absolute atomic E-state index is 0.00379. The molecule has 220 valence electrons. The molecule has 1 aromatic carbocycles. The van der Waals surface area contributed by atoms with Crippen LogP contribution in [0.4, 0.5) is 14.5 Å². The van der Waals surface area contributed by atoms with Crippen LogP contribution in [0.5, 0.6) is 5.75 Å². The highest BCUT2D eigenvalue weighted by Crippen LogP contribution is 2.53. The average Bonchev–Trinajstić information content (AvgIpc) is 2.87. The van der Waals surface area contributed by atoms with Crippen LogP contribution in [0.2, 0.25) is 0 Å². The van der Waals surface area contributed by atoms with E-state index in [2.05, 4.69) is 5.32 Å². The van der Waals surface area contributed by atoms with Gasteiger partial charge in [-0.2, -0.15) is 0 Å². The van der Waals surface area contributed by atoms with Crippen molar-refractivity contribution >= 4 is 23.2 Å². The minimum atomic E-state index is -2.68. The molecule has 6 atom stereocenters. The number of anilines is 1. The fourth-order valence-corrected chi connectivity index (χ4v) is 6.65. The van der Waals surface area contributed by atoms with E-state index in [1.807, 2.05) is 0 Å². The monoisotopic (exact) mass is 566 g/mol. The number of amides is 1. The number of hydrogen-bond donors (Lipinski definition) is 6. The molecule has 0 aromatic heterocycles. The highest BCUT2D eigenvalue weighted by atomic mass is 19.1. The highest BCUT2D eigenvalue weighted by molar-refractivity contribution is 6.16. The van der Waals surface area contributed by atoms with E-state index in [0.29, 0.717) is 11.3 Å². The molecule has 0 spiro atoms. The number of nitrogens with two attached hydrogens (primary N) is 1. The lowest BCUT2D eigenvalue weighted by atomic mass is 9.56. The zero-order chi connectivity index (χ0) is 29.8.